The molecule has 5 nitrogen and oxygen atoms in total. The van der Waals surface area contributed by atoms with Crippen molar-refractivity contribution in [3.63, 3.8) is 0 Å². The number of allylic oxidation sites excluding steroid dienone is 4. The van der Waals surface area contributed by atoms with Crippen molar-refractivity contribution in [1.82, 2.24) is 9.88 Å². The van der Waals surface area contributed by atoms with Crippen molar-refractivity contribution in [2.24, 2.45) is 11.8 Å². The first-order chi connectivity index (χ1) is 15.9. The maximum absolute atomic E-state index is 13.7. The summed E-state index contributed by atoms with van der Waals surface area (Å²) in [5.74, 6) is -1.61. The van der Waals surface area contributed by atoms with E-state index in [1.54, 1.807) is 0 Å². The van der Waals surface area contributed by atoms with E-state index in [0.717, 1.165) is 34.2 Å². The van der Waals surface area contributed by atoms with E-state index >= 15 is 0 Å². The number of aromatic nitrogens is 1. The fourth-order valence-corrected chi connectivity index (χ4v) is 5.88. The number of nitrogens with one attached hydrogen (secondary N) is 1. The van der Waals surface area contributed by atoms with E-state index in [9.17, 15) is 14.7 Å². The van der Waals surface area contributed by atoms with E-state index in [1.807, 2.05) is 66.6 Å². The van der Waals surface area contributed by atoms with Crippen molar-refractivity contribution < 1.29 is 14.7 Å². The van der Waals surface area contributed by atoms with Crippen LogP contribution >= 0.6 is 24.2 Å². The highest BCUT2D eigenvalue weighted by atomic mass is 35.5. The number of halogens is 1. The summed E-state index contributed by atoms with van der Waals surface area (Å²) < 4.78 is 0. The Morgan fingerprint density at radius 2 is 2.18 bits per heavy atom. The molecule has 1 saturated carbocycles. The van der Waals surface area contributed by atoms with Crippen LogP contribution in [0.25, 0.3) is 10.9 Å². The number of thiol groups is 1. The Balaban J connectivity index is 1.66. The topological polar surface area (TPSA) is 73.4 Å². The van der Waals surface area contributed by atoms with Gasteiger partial charge in [0.2, 0.25) is 5.91 Å². The van der Waals surface area contributed by atoms with E-state index in [1.165, 1.54) is 0 Å². The number of amides is 1. The smallest absolute Gasteiger partial charge is 0.307 e. The van der Waals surface area contributed by atoms with E-state index < -0.39 is 11.9 Å². The molecule has 2 N–H and O–H groups in total. The number of carboxylic acids is 1. The van der Waals surface area contributed by atoms with Crippen LogP contribution in [0.5, 0.6) is 0 Å². The number of nitrogens with zero attached hydrogens (tertiary/aromatic N) is 1. The Morgan fingerprint density at radius 1 is 1.36 bits per heavy atom. The number of fused-ring (bicyclic) bond motifs is 2. The van der Waals surface area contributed by atoms with Crippen molar-refractivity contribution in [2.45, 2.75) is 44.6 Å². The predicted molar refractivity (Wildman–Crippen MR) is 136 cm³/mol. The molecule has 2 heterocycles. The van der Waals surface area contributed by atoms with Crippen LogP contribution < -0.4 is 0 Å². The second kappa shape index (κ2) is 10.2. The lowest BCUT2D eigenvalue weighted by Gasteiger charge is -2.44. The fraction of sp³-hybridized carbons (Fsp3) is 0.385. The Morgan fingerprint density at radius 3 is 2.94 bits per heavy atom. The molecule has 174 valence electrons. The minimum absolute atomic E-state index is 0.00669. The van der Waals surface area contributed by atoms with Gasteiger partial charge in [-0.05, 0) is 42.4 Å². The third-order valence-electron chi connectivity index (χ3n) is 6.88. The zero-order valence-corrected chi connectivity index (χ0v) is 20.2. The fourth-order valence-electron chi connectivity index (χ4n) is 5.28. The van der Waals surface area contributed by atoms with Gasteiger partial charge in [-0.25, -0.2) is 0 Å². The quantitative estimate of drug-likeness (QED) is 0.269. The molecule has 7 heteroatoms. The molecule has 0 spiro atoms. The summed E-state index contributed by atoms with van der Waals surface area (Å²) in [6.45, 7) is 2.44. The molecule has 1 fully saturated rings. The zero-order valence-electron chi connectivity index (χ0n) is 18.6. The van der Waals surface area contributed by atoms with Crippen molar-refractivity contribution in [1.29, 1.82) is 0 Å². The molecular weight excluding hydrogens is 456 g/mol. The maximum atomic E-state index is 13.7. The lowest BCUT2D eigenvalue weighted by molar-refractivity contribution is -0.148. The van der Waals surface area contributed by atoms with Gasteiger partial charge in [0.25, 0.3) is 0 Å². The lowest BCUT2D eigenvalue weighted by Crippen LogP contribution is -2.51. The summed E-state index contributed by atoms with van der Waals surface area (Å²) in [6, 6.07) is 5.63. The highest BCUT2D eigenvalue weighted by Crippen LogP contribution is 2.41. The Bertz CT molecular complexity index is 1140. The highest BCUT2D eigenvalue weighted by Gasteiger charge is 2.42. The standard InChI is InChI=1S/C26H29ClN2O3S/c1-2-3-12-23(33)18(19-15-28-21-10-5-9-20(27)25(19)21)14-24(30)29-13-6-8-16-17(26(31)32)7-4-11-22(16)29/h2-3,5-6,8-10,12,15-18,22,28,33H,4,7,11,13-14H2,1H3,(H,31,32)/b3-2-,23-12-. The normalized spacial score (nSPS) is 24.3. The van der Waals surface area contributed by atoms with E-state index in [-0.39, 0.29) is 30.2 Å². The first-order valence-electron chi connectivity index (χ1n) is 11.4. The predicted octanol–water partition coefficient (Wildman–Crippen LogP) is 5.95. The van der Waals surface area contributed by atoms with Gasteiger partial charge in [0, 0.05) is 47.9 Å². The summed E-state index contributed by atoms with van der Waals surface area (Å²) in [5, 5.41) is 11.2. The first-order valence-corrected chi connectivity index (χ1v) is 12.2. The van der Waals surface area contributed by atoms with Crippen LogP contribution in [0.2, 0.25) is 5.02 Å². The van der Waals surface area contributed by atoms with Gasteiger partial charge in [-0.1, -0.05) is 54.5 Å². The summed E-state index contributed by atoms with van der Waals surface area (Å²) in [4.78, 5) is 31.4. The van der Waals surface area contributed by atoms with Gasteiger partial charge in [-0.15, -0.1) is 12.6 Å². The zero-order chi connectivity index (χ0) is 23.5. The summed E-state index contributed by atoms with van der Waals surface area (Å²) in [7, 11) is 0. The molecule has 2 aromatic rings. The van der Waals surface area contributed by atoms with E-state index in [2.05, 4.69) is 4.98 Å². The largest absolute Gasteiger partial charge is 0.481 e. The number of H-pyrrole nitrogens is 1. The van der Waals surface area contributed by atoms with Crippen molar-refractivity contribution in [3.05, 3.63) is 70.3 Å². The third kappa shape index (κ3) is 4.78. The van der Waals surface area contributed by atoms with E-state index in [0.29, 0.717) is 18.0 Å². The molecule has 0 radical (unpaired) electrons. The SMILES string of the molecule is C/C=C\C=C(/S)C(CC(=O)N1CC=CC2C(C(=O)O)CCCC21)c1c[nH]c2cccc(Cl)c12. The minimum Gasteiger partial charge on any atom is -0.481 e. The molecule has 33 heavy (non-hydrogen) atoms. The van der Waals surface area contributed by atoms with Crippen LogP contribution in [0.15, 0.2) is 59.7 Å². The van der Waals surface area contributed by atoms with Crippen LogP contribution in [-0.2, 0) is 9.59 Å². The summed E-state index contributed by atoms with van der Waals surface area (Å²) >= 11 is 11.3. The van der Waals surface area contributed by atoms with Gasteiger partial charge < -0.3 is 15.0 Å². The van der Waals surface area contributed by atoms with Crippen LogP contribution in [0.3, 0.4) is 0 Å². The number of rotatable bonds is 6. The number of hydrogen-bond donors (Lipinski definition) is 3. The summed E-state index contributed by atoms with van der Waals surface area (Å²) in [5.41, 5.74) is 1.85. The van der Waals surface area contributed by atoms with Crippen molar-refractivity contribution in [2.75, 3.05) is 6.54 Å². The molecule has 4 rings (SSSR count). The number of carbonyl (C=O) groups is 2. The molecule has 4 unspecified atom stereocenters. The van der Waals surface area contributed by atoms with Gasteiger partial charge in [-0.3, -0.25) is 9.59 Å². The average Bonchev–Trinajstić information content (AvgIpc) is 3.25. The highest BCUT2D eigenvalue weighted by molar-refractivity contribution is 7.84. The van der Waals surface area contributed by atoms with Crippen molar-refractivity contribution in [3.8, 4) is 0 Å². The summed E-state index contributed by atoms with van der Waals surface area (Å²) in [6.07, 6.45) is 14.1. The van der Waals surface area contributed by atoms with Crippen LogP contribution in [0.4, 0.5) is 0 Å². The number of aliphatic carboxylic acids is 1. The monoisotopic (exact) mass is 484 g/mol. The molecule has 0 saturated heterocycles. The minimum atomic E-state index is -0.776. The maximum Gasteiger partial charge on any atom is 0.307 e. The molecular formula is C26H29ClN2O3S. The van der Waals surface area contributed by atoms with Crippen LogP contribution in [0, 0.1) is 11.8 Å². The van der Waals surface area contributed by atoms with E-state index in [4.69, 9.17) is 24.2 Å². The molecule has 1 aliphatic carbocycles. The molecule has 0 bridgehead atoms. The Kier molecular flexibility index (Phi) is 7.35. The van der Waals surface area contributed by atoms with Gasteiger partial charge >= 0.3 is 5.97 Å². The molecule has 1 aliphatic heterocycles. The number of carbonyl (C=O) groups excluding carboxylic acids is 1. The molecule has 2 aliphatic rings. The second-order valence-corrected chi connectivity index (χ2v) is 9.70. The van der Waals surface area contributed by atoms with Gasteiger partial charge in [0.1, 0.15) is 0 Å². The van der Waals surface area contributed by atoms with Crippen LogP contribution in [-0.4, -0.2) is 39.5 Å². The van der Waals surface area contributed by atoms with Crippen LogP contribution in [0.1, 0.15) is 44.1 Å². The number of hydrogen-bond acceptors (Lipinski definition) is 3. The molecule has 4 atom stereocenters. The van der Waals surface area contributed by atoms with Gasteiger partial charge in [-0.2, -0.15) is 0 Å². The Hall–Kier alpha value is -2.44. The Labute approximate surface area is 204 Å². The first kappa shape index (κ1) is 23.7. The number of aromatic amines is 1. The third-order valence-corrected chi connectivity index (χ3v) is 7.65. The second-order valence-electron chi connectivity index (χ2n) is 8.78. The van der Waals surface area contributed by atoms with Gasteiger partial charge in [0.15, 0.2) is 0 Å². The molecule has 1 aromatic carbocycles. The number of carboxylic acid groups (broad SMARTS) is 1. The molecule has 1 aromatic heterocycles. The lowest BCUT2D eigenvalue weighted by atomic mass is 9.73. The molecule has 1 amide bonds. The number of benzene rings is 1. The van der Waals surface area contributed by atoms with Crippen molar-refractivity contribution >= 4 is 47.0 Å². The average molecular weight is 485 g/mol. The van der Waals surface area contributed by atoms with Gasteiger partial charge in [0.05, 0.1) is 10.9 Å².